The van der Waals surface area contributed by atoms with Crippen molar-refractivity contribution in [1.29, 1.82) is 0 Å². The summed E-state index contributed by atoms with van der Waals surface area (Å²) in [6, 6.07) is 12.5. The highest BCUT2D eigenvalue weighted by Crippen LogP contribution is 2.55. The lowest BCUT2D eigenvalue weighted by atomic mass is 9.59. The highest BCUT2D eigenvalue weighted by Gasteiger charge is 2.56. The first kappa shape index (κ1) is 24.3. The lowest BCUT2D eigenvalue weighted by molar-refractivity contribution is -0.123. The molecule has 1 heterocycles. The number of carbonyl (C=O) groups is 4. The lowest BCUT2D eigenvalue weighted by Crippen LogP contribution is -2.40. The number of hydrogen-bond acceptors (Lipinski definition) is 7. The number of imide groups is 1. The molecule has 1 saturated heterocycles. The first-order valence-corrected chi connectivity index (χ1v) is 12.5. The van der Waals surface area contributed by atoms with E-state index in [1.54, 1.807) is 31.2 Å². The molecule has 0 bridgehead atoms. The Bertz CT molecular complexity index is 1520. The molecule has 2 amide bonds. The number of aromatic hydroxyl groups is 1. The molecule has 3 aliphatic carbocycles. The normalized spacial score (nSPS) is 26.6. The maximum absolute atomic E-state index is 13.9. The average molecular weight is 509 g/mol. The minimum absolute atomic E-state index is 0.0672. The first-order chi connectivity index (χ1) is 18.2. The third-order valence-corrected chi connectivity index (χ3v) is 8.22. The Labute approximate surface area is 218 Å². The summed E-state index contributed by atoms with van der Waals surface area (Å²) in [4.78, 5) is 55.0. The molecule has 0 spiro atoms. The van der Waals surface area contributed by atoms with Crippen LogP contribution in [-0.4, -0.2) is 45.7 Å². The fraction of sp³-hybridized carbons (Fsp3) is 0.241. The van der Waals surface area contributed by atoms with Crippen molar-refractivity contribution >= 4 is 41.6 Å². The molecule has 9 heteroatoms. The van der Waals surface area contributed by atoms with Gasteiger partial charge in [0.05, 0.1) is 17.5 Å². The van der Waals surface area contributed by atoms with Crippen LogP contribution in [0.15, 0.2) is 83.0 Å². The van der Waals surface area contributed by atoms with Crippen molar-refractivity contribution in [1.82, 2.24) is 0 Å². The predicted molar refractivity (Wildman–Crippen MR) is 138 cm³/mol. The largest absolute Gasteiger partial charge is 0.508 e. The average Bonchev–Trinajstić information content (AvgIpc) is 3.16. The number of carbonyl (C=O) groups excluding carboxylic acids is 4. The van der Waals surface area contributed by atoms with Crippen LogP contribution in [0.1, 0.15) is 31.2 Å². The SMILES string of the molecule is CC1=CC(=O)C2=C(C1=O)C(c1ccc(O)cc1)C1=CCC3C(=O)N(c4cccc(B(O)O)c4)C(=O)C3C1C2. The van der Waals surface area contributed by atoms with E-state index in [2.05, 4.69) is 0 Å². The highest BCUT2D eigenvalue weighted by atomic mass is 16.4. The lowest BCUT2D eigenvalue weighted by Gasteiger charge is -2.42. The number of rotatable bonds is 3. The van der Waals surface area contributed by atoms with Crippen molar-refractivity contribution in [3.63, 3.8) is 0 Å². The van der Waals surface area contributed by atoms with E-state index >= 15 is 0 Å². The van der Waals surface area contributed by atoms with Crippen LogP contribution in [0.5, 0.6) is 5.75 Å². The molecule has 1 aliphatic heterocycles. The van der Waals surface area contributed by atoms with Crippen molar-refractivity contribution in [2.24, 2.45) is 17.8 Å². The van der Waals surface area contributed by atoms with Gasteiger partial charge in [0.15, 0.2) is 11.6 Å². The molecule has 2 aromatic rings. The minimum atomic E-state index is -1.75. The number of phenolic OH excluding ortho intramolecular Hbond substituents is 1. The van der Waals surface area contributed by atoms with Crippen LogP contribution in [0, 0.1) is 17.8 Å². The van der Waals surface area contributed by atoms with Crippen LogP contribution < -0.4 is 10.4 Å². The minimum Gasteiger partial charge on any atom is -0.508 e. The second-order valence-corrected chi connectivity index (χ2v) is 10.3. The molecule has 0 radical (unpaired) electrons. The van der Waals surface area contributed by atoms with E-state index in [-0.39, 0.29) is 40.8 Å². The number of fused-ring (bicyclic) bond motifs is 3. The summed E-state index contributed by atoms with van der Waals surface area (Å²) in [6.45, 7) is 1.61. The van der Waals surface area contributed by atoms with Crippen LogP contribution in [-0.2, 0) is 19.2 Å². The summed E-state index contributed by atoms with van der Waals surface area (Å²) in [5, 5.41) is 29.0. The van der Waals surface area contributed by atoms with Crippen molar-refractivity contribution in [2.45, 2.75) is 25.7 Å². The number of benzene rings is 2. The van der Waals surface area contributed by atoms with Gasteiger partial charge in [-0.15, -0.1) is 0 Å². The van der Waals surface area contributed by atoms with Crippen molar-refractivity contribution in [3.05, 3.63) is 88.5 Å². The van der Waals surface area contributed by atoms with Gasteiger partial charge in [0.25, 0.3) is 0 Å². The summed E-state index contributed by atoms with van der Waals surface area (Å²) in [5.41, 5.74) is 3.09. The van der Waals surface area contributed by atoms with Crippen LogP contribution in [0.4, 0.5) is 5.69 Å². The molecule has 6 rings (SSSR count). The second kappa shape index (κ2) is 8.75. The van der Waals surface area contributed by atoms with Gasteiger partial charge in [-0.2, -0.15) is 0 Å². The van der Waals surface area contributed by atoms with E-state index in [1.807, 2.05) is 6.08 Å². The Morgan fingerprint density at radius 1 is 0.947 bits per heavy atom. The van der Waals surface area contributed by atoms with Gasteiger partial charge in [0.2, 0.25) is 11.8 Å². The maximum Gasteiger partial charge on any atom is 0.488 e. The molecular formula is C29H24BNO7. The first-order valence-electron chi connectivity index (χ1n) is 12.5. The van der Waals surface area contributed by atoms with E-state index in [0.717, 1.165) is 16.0 Å². The Balaban J connectivity index is 1.46. The van der Waals surface area contributed by atoms with E-state index in [0.29, 0.717) is 23.1 Å². The quantitative estimate of drug-likeness (QED) is 0.248. The van der Waals surface area contributed by atoms with Crippen LogP contribution in [0.2, 0.25) is 0 Å². The fourth-order valence-corrected chi connectivity index (χ4v) is 6.49. The monoisotopic (exact) mass is 509 g/mol. The van der Waals surface area contributed by atoms with Gasteiger partial charge in [-0.05, 0) is 67.1 Å². The van der Waals surface area contributed by atoms with Crippen LogP contribution in [0.25, 0.3) is 0 Å². The number of amides is 2. The number of phenols is 1. The molecule has 4 atom stereocenters. The van der Waals surface area contributed by atoms with E-state index in [4.69, 9.17) is 0 Å². The molecule has 190 valence electrons. The summed E-state index contributed by atoms with van der Waals surface area (Å²) in [5.74, 6) is -3.59. The Morgan fingerprint density at radius 2 is 1.68 bits per heavy atom. The number of hydrogen-bond donors (Lipinski definition) is 3. The smallest absolute Gasteiger partial charge is 0.488 e. The molecule has 8 nitrogen and oxygen atoms in total. The van der Waals surface area contributed by atoms with E-state index in [9.17, 15) is 34.3 Å². The van der Waals surface area contributed by atoms with E-state index < -0.39 is 36.7 Å². The Morgan fingerprint density at radius 3 is 2.39 bits per heavy atom. The Kier molecular flexibility index (Phi) is 5.59. The molecule has 0 saturated carbocycles. The van der Waals surface area contributed by atoms with Gasteiger partial charge in [0, 0.05) is 22.6 Å². The predicted octanol–water partition coefficient (Wildman–Crippen LogP) is 1.71. The molecule has 4 unspecified atom stereocenters. The maximum atomic E-state index is 13.9. The van der Waals surface area contributed by atoms with Gasteiger partial charge in [-0.1, -0.05) is 35.9 Å². The molecule has 2 aromatic carbocycles. The van der Waals surface area contributed by atoms with Crippen molar-refractivity contribution in [2.75, 3.05) is 4.90 Å². The third kappa shape index (κ3) is 3.54. The van der Waals surface area contributed by atoms with Crippen LogP contribution >= 0.6 is 0 Å². The molecule has 3 N–H and O–H groups in total. The van der Waals surface area contributed by atoms with Crippen molar-refractivity contribution in [3.8, 4) is 5.75 Å². The topological polar surface area (TPSA) is 132 Å². The molecule has 1 fully saturated rings. The fourth-order valence-electron chi connectivity index (χ4n) is 6.49. The molecule has 38 heavy (non-hydrogen) atoms. The Hall–Kier alpha value is -4.08. The zero-order valence-electron chi connectivity index (χ0n) is 20.5. The standard InChI is InChI=1S/C29H24BNO7/c1-14-11-23(33)22-13-21-19(24(26(22)27(14)34)15-5-7-18(32)8-6-15)9-10-20-25(21)29(36)31(28(20)35)17-4-2-3-16(12-17)30(37)38/h2-9,11-12,20-21,24-25,32,37-38H,10,13H2,1H3. The summed E-state index contributed by atoms with van der Waals surface area (Å²) in [6.07, 6.45) is 3.74. The van der Waals surface area contributed by atoms with Gasteiger partial charge >= 0.3 is 7.12 Å². The van der Waals surface area contributed by atoms with Gasteiger partial charge in [-0.3, -0.25) is 24.1 Å². The third-order valence-electron chi connectivity index (χ3n) is 8.22. The number of allylic oxidation sites excluding steroid dienone is 6. The van der Waals surface area contributed by atoms with Crippen LogP contribution in [0.3, 0.4) is 0 Å². The number of Topliss-reactive ketones (excluding diaryl/α,β-unsaturated/α-hetero) is 1. The number of anilines is 1. The number of nitrogens with zero attached hydrogens (tertiary/aromatic N) is 1. The second-order valence-electron chi connectivity index (χ2n) is 10.3. The zero-order chi connectivity index (χ0) is 26.9. The van der Waals surface area contributed by atoms with Gasteiger partial charge in [0.1, 0.15) is 5.75 Å². The van der Waals surface area contributed by atoms with Gasteiger partial charge in [-0.25, -0.2) is 0 Å². The molecular weight excluding hydrogens is 485 g/mol. The summed E-state index contributed by atoms with van der Waals surface area (Å²) >= 11 is 0. The summed E-state index contributed by atoms with van der Waals surface area (Å²) < 4.78 is 0. The summed E-state index contributed by atoms with van der Waals surface area (Å²) in [7, 11) is -1.75. The highest BCUT2D eigenvalue weighted by molar-refractivity contribution is 6.58. The van der Waals surface area contributed by atoms with Crippen molar-refractivity contribution < 1.29 is 34.3 Å². The molecule has 4 aliphatic rings. The zero-order valence-corrected chi connectivity index (χ0v) is 20.5. The van der Waals surface area contributed by atoms with E-state index in [1.165, 1.54) is 30.3 Å². The molecule has 0 aromatic heterocycles. The van der Waals surface area contributed by atoms with Gasteiger partial charge < -0.3 is 15.2 Å². The number of ketones is 2.